The molecule has 2 atom stereocenters. The second-order valence-corrected chi connectivity index (χ2v) is 8.45. The van der Waals surface area contributed by atoms with Gasteiger partial charge in [0.05, 0.1) is 5.39 Å². The molecule has 0 bridgehead atoms. The standard InChI is InChI=1S/C20H22F2N4S/c1-11(2)6-8-27-20-25-18-13(5-7-23-18)19(26-20)24-17-10-14(17)12-3-4-15(21)16(22)9-12/h3-5,7,9,11,14,17H,6,8,10H2,1-2H3,(H2,23,24,25,26)/t14-,17+/m0/s1. The molecule has 0 aliphatic heterocycles. The molecule has 27 heavy (non-hydrogen) atoms. The van der Waals surface area contributed by atoms with Crippen LogP contribution in [0.25, 0.3) is 11.0 Å². The molecular weight excluding hydrogens is 366 g/mol. The van der Waals surface area contributed by atoms with Crippen LogP contribution in [0.15, 0.2) is 35.6 Å². The van der Waals surface area contributed by atoms with Crippen molar-refractivity contribution in [1.29, 1.82) is 0 Å². The Morgan fingerprint density at radius 2 is 2.07 bits per heavy atom. The Bertz CT molecular complexity index is 956. The second-order valence-electron chi connectivity index (χ2n) is 7.39. The maximum Gasteiger partial charge on any atom is 0.191 e. The van der Waals surface area contributed by atoms with Crippen LogP contribution >= 0.6 is 11.8 Å². The molecule has 2 heterocycles. The van der Waals surface area contributed by atoms with E-state index in [2.05, 4.69) is 29.1 Å². The van der Waals surface area contributed by atoms with Crippen LogP contribution in [-0.2, 0) is 0 Å². The summed E-state index contributed by atoms with van der Waals surface area (Å²) in [7, 11) is 0. The van der Waals surface area contributed by atoms with Crippen LogP contribution in [0.5, 0.6) is 0 Å². The molecule has 0 radical (unpaired) electrons. The van der Waals surface area contributed by atoms with Crippen LogP contribution in [0.3, 0.4) is 0 Å². The highest BCUT2D eigenvalue weighted by Gasteiger charge is 2.39. The number of rotatable bonds is 7. The molecule has 142 valence electrons. The summed E-state index contributed by atoms with van der Waals surface area (Å²) in [6.07, 6.45) is 3.84. The zero-order chi connectivity index (χ0) is 19.0. The molecule has 2 N–H and O–H groups in total. The van der Waals surface area contributed by atoms with Gasteiger partial charge in [-0.25, -0.2) is 18.7 Å². The maximum absolute atomic E-state index is 13.5. The number of aromatic amines is 1. The first-order valence-electron chi connectivity index (χ1n) is 9.20. The van der Waals surface area contributed by atoms with E-state index in [0.29, 0.717) is 5.92 Å². The Morgan fingerprint density at radius 3 is 2.85 bits per heavy atom. The van der Waals surface area contributed by atoms with Gasteiger partial charge in [-0.15, -0.1) is 0 Å². The van der Waals surface area contributed by atoms with Crippen LogP contribution in [0.1, 0.15) is 38.2 Å². The summed E-state index contributed by atoms with van der Waals surface area (Å²) in [5.74, 6) is 0.982. The van der Waals surface area contributed by atoms with Crippen molar-refractivity contribution in [3.05, 3.63) is 47.7 Å². The molecule has 4 rings (SSSR count). The molecule has 1 saturated carbocycles. The fourth-order valence-electron chi connectivity index (χ4n) is 3.12. The smallest absolute Gasteiger partial charge is 0.191 e. The number of hydrogen-bond acceptors (Lipinski definition) is 4. The van der Waals surface area contributed by atoms with Gasteiger partial charge in [0.2, 0.25) is 0 Å². The largest absolute Gasteiger partial charge is 0.366 e. The molecule has 1 fully saturated rings. The summed E-state index contributed by atoms with van der Waals surface area (Å²) in [5, 5.41) is 5.16. The van der Waals surface area contributed by atoms with Gasteiger partial charge in [0.1, 0.15) is 11.5 Å². The van der Waals surface area contributed by atoms with E-state index in [1.807, 2.05) is 12.3 Å². The van der Waals surface area contributed by atoms with Crippen LogP contribution in [0.2, 0.25) is 0 Å². The highest BCUT2D eigenvalue weighted by Crippen LogP contribution is 2.43. The van der Waals surface area contributed by atoms with E-state index in [-0.39, 0.29) is 12.0 Å². The number of nitrogens with zero attached hydrogens (tertiary/aromatic N) is 2. The third-order valence-corrected chi connectivity index (χ3v) is 5.69. The predicted molar refractivity (Wildman–Crippen MR) is 105 cm³/mol. The van der Waals surface area contributed by atoms with Crippen molar-refractivity contribution >= 4 is 28.6 Å². The lowest BCUT2D eigenvalue weighted by Gasteiger charge is -2.09. The van der Waals surface area contributed by atoms with Crippen LogP contribution in [-0.4, -0.2) is 26.7 Å². The van der Waals surface area contributed by atoms with Crippen molar-refractivity contribution in [2.45, 2.75) is 43.8 Å². The Kier molecular flexibility index (Phi) is 5.04. The quantitative estimate of drug-likeness (QED) is 0.424. The molecular formula is C20H22F2N4S. The van der Waals surface area contributed by atoms with Crippen molar-refractivity contribution in [3.63, 3.8) is 0 Å². The number of hydrogen-bond donors (Lipinski definition) is 2. The molecule has 0 spiro atoms. The number of benzene rings is 1. The Labute approximate surface area is 161 Å². The number of aromatic nitrogens is 3. The molecule has 1 aliphatic rings. The van der Waals surface area contributed by atoms with Gasteiger partial charge in [-0.05, 0) is 42.5 Å². The van der Waals surface area contributed by atoms with E-state index in [0.717, 1.165) is 46.2 Å². The minimum Gasteiger partial charge on any atom is -0.366 e. The molecule has 0 amide bonds. The zero-order valence-corrected chi connectivity index (χ0v) is 16.1. The first-order chi connectivity index (χ1) is 13.0. The van der Waals surface area contributed by atoms with Crippen LogP contribution in [0.4, 0.5) is 14.6 Å². The number of nitrogens with one attached hydrogen (secondary N) is 2. The Hall–Kier alpha value is -2.15. The maximum atomic E-state index is 13.5. The minimum atomic E-state index is -0.809. The number of anilines is 1. The van der Waals surface area contributed by atoms with Crippen molar-refractivity contribution in [2.24, 2.45) is 5.92 Å². The van der Waals surface area contributed by atoms with E-state index in [1.54, 1.807) is 17.8 Å². The van der Waals surface area contributed by atoms with Gasteiger partial charge in [-0.3, -0.25) is 0 Å². The van der Waals surface area contributed by atoms with Crippen LogP contribution < -0.4 is 5.32 Å². The molecule has 7 heteroatoms. The van der Waals surface area contributed by atoms with E-state index in [1.165, 1.54) is 12.1 Å². The van der Waals surface area contributed by atoms with Crippen molar-refractivity contribution in [1.82, 2.24) is 15.0 Å². The highest BCUT2D eigenvalue weighted by atomic mass is 32.2. The SMILES string of the molecule is CC(C)CCSc1nc(N[C@@H]2C[C@H]2c2ccc(F)c(F)c2)c2cc[nH]c2n1. The minimum absolute atomic E-state index is 0.163. The van der Waals surface area contributed by atoms with Crippen molar-refractivity contribution in [3.8, 4) is 0 Å². The Balaban J connectivity index is 1.50. The topological polar surface area (TPSA) is 53.6 Å². The van der Waals surface area contributed by atoms with Gasteiger partial charge in [-0.1, -0.05) is 31.7 Å². The van der Waals surface area contributed by atoms with E-state index < -0.39 is 11.6 Å². The summed E-state index contributed by atoms with van der Waals surface area (Å²) >= 11 is 1.66. The lowest BCUT2D eigenvalue weighted by atomic mass is 10.1. The van der Waals surface area contributed by atoms with Crippen molar-refractivity contribution in [2.75, 3.05) is 11.1 Å². The van der Waals surface area contributed by atoms with Gasteiger partial charge < -0.3 is 10.3 Å². The number of H-pyrrole nitrogens is 1. The normalized spacial score (nSPS) is 19.0. The summed E-state index contributed by atoms with van der Waals surface area (Å²) in [4.78, 5) is 12.4. The number of thioether (sulfide) groups is 1. The molecule has 3 aromatic rings. The van der Waals surface area contributed by atoms with Crippen molar-refractivity contribution < 1.29 is 8.78 Å². The number of halogens is 2. The fourth-order valence-corrected chi connectivity index (χ4v) is 4.21. The van der Waals surface area contributed by atoms with Gasteiger partial charge >= 0.3 is 0 Å². The first-order valence-corrected chi connectivity index (χ1v) is 10.2. The summed E-state index contributed by atoms with van der Waals surface area (Å²) in [6.45, 7) is 4.40. The third-order valence-electron chi connectivity index (χ3n) is 4.81. The molecule has 1 aromatic carbocycles. The highest BCUT2D eigenvalue weighted by molar-refractivity contribution is 7.99. The second kappa shape index (κ2) is 7.46. The summed E-state index contributed by atoms with van der Waals surface area (Å²) in [6, 6.07) is 6.26. The van der Waals surface area contributed by atoms with Gasteiger partial charge in [0.15, 0.2) is 16.8 Å². The van der Waals surface area contributed by atoms with E-state index in [9.17, 15) is 8.78 Å². The lowest BCUT2D eigenvalue weighted by Crippen LogP contribution is -2.08. The van der Waals surface area contributed by atoms with Gasteiger partial charge in [0.25, 0.3) is 0 Å². The third kappa shape index (κ3) is 4.08. The predicted octanol–water partition coefficient (Wildman–Crippen LogP) is 5.34. The molecule has 4 nitrogen and oxygen atoms in total. The fraction of sp³-hybridized carbons (Fsp3) is 0.400. The average molecular weight is 388 g/mol. The monoisotopic (exact) mass is 388 g/mol. The number of fused-ring (bicyclic) bond motifs is 1. The van der Waals surface area contributed by atoms with Gasteiger partial charge in [-0.2, -0.15) is 0 Å². The molecule has 0 saturated heterocycles. The average Bonchev–Trinajstić information content (AvgIpc) is 3.21. The molecule has 0 unspecified atom stereocenters. The first kappa shape index (κ1) is 18.2. The van der Waals surface area contributed by atoms with Gasteiger partial charge in [0, 0.05) is 23.9 Å². The molecule has 2 aromatic heterocycles. The summed E-state index contributed by atoms with van der Waals surface area (Å²) < 4.78 is 26.6. The zero-order valence-electron chi connectivity index (χ0n) is 15.3. The molecule has 1 aliphatic carbocycles. The van der Waals surface area contributed by atoms with Crippen LogP contribution in [0, 0.1) is 17.6 Å². The lowest BCUT2D eigenvalue weighted by molar-refractivity contribution is 0.507. The van der Waals surface area contributed by atoms with E-state index >= 15 is 0 Å². The Morgan fingerprint density at radius 1 is 1.22 bits per heavy atom. The van der Waals surface area contributed by atoms with E-state index in [4.69, 9.17) is 4.98 Å². The summed E-state index contributed by atoms with van der Waals surface area (Å²) in [5.41, 5.74) is 1.63.